The highest BCUT2D eigenvalue weighted by Gasteiger charge is 2.45. The lowest BCUT2D eigenvalue weighted by atomic mass is 10.1. The molecule has 3 rings (SSSR count). The van der Waals surface area contributed by atoms with Gasteiger partial charge in [0.1, 0.15) is 10.8 Å². The van der Waals surface area contributed by atoms with E-state index in [4.69, 9.17) is 0 Å². The van der Waals surface area contributed by atoms with E-state index in [0.717, 1.165) is 29.1 Å². The van der Waals surface area contributed by atoms with Crippen molar-refractivity contribution >= 4 is 11.3 Å². The summed E-state index contributed by atoms with van der Waals surface area (Å²) < 4.78 is 13.1. The van der Waals surface area contributed by atoms with E-state index in [1.165, 1.54) is 23.5 Å². The number of nitrogens with zero attached hydrogens (tertiary/aromatic N) is 1. The highest BCUT2D eigenvalue weighted by molar-refractivity contribution is 7.13. The molecule has 0 atom stereocenters. The van der Waals surface area contributed by atoms with Crippen molar-refractivity contribution < 1.29 is 9.50 Å². The number of thiazole rings is 1. The number of benzene rings is 1. The topological polar surface area (TPSA) is 33.1 Å². The van der Waals surface area contributed by atoms with Crippen LogP contribution >= 0.6 is 11.3 Å². The van der Waals surface area contributed by atoms with Gasteiger partial charge in [0.05, 0.1) is 12.3 Å². The zero-order valence-electron chi connectivity index (χ0n) is 9.19. The molecular weight excluding hydrogens is 237 g/mol. The van der Waals surface area contributed by atoms with Crippen molar-refractivity contribution in [1.82, 2.24) is 4.98 Å². The van der Waals surface area contributed by atoms with E-state index >= 15 is 0 Å². The monoisotopic (exact) mass is 249 g/mol. The molecule has 1 aromatic heterocycles. The van der Waals surface area contributed by atoms with Gasteiger partial charge in [-0.05, 0) is 25.0 Å². The number of aliphatic hydroxyl groups is 1. The van der Waals surface area contributed by atoms with Crippen LogP contribution in [0.5, 0.6) is 0 Å². The summed E-state index contributed by atoms with van der Waals surface area (Å²) in [6.45, 7) is 0.152. The molecule has 0 aliphatic heterocycles. The highest BCUT2D eigenvalue weighted by Crippen LogP contribution is 2.48. The Balaban J connectivity index is 1.95. The quantitative estimate of drug-likeness (QED) is 0.907. The Morgan fingerprint density at radius 2 is 2.24 bits per heavy atom. The predicted molar refractivity (Wildman–Crippen MR) is 65.5 cm³/mol. The molecule has 0 amide bonds. The summed E-state index contributed by atoms with van der Waals surface area (Å²) in [5, 5.41) is 12.1. The molecule has 0 bridgehead atoms. The van der Waals surface area contributed by atoms with E-state index in [2.05, 4.69) is 4.98 Å². The summed E-state index contributed by atoms with van der Waals surface area (Å²) in [4.78, 5) is 4.52. The predicted octanol–water partition coefficient (Wildman–Crippen LogP) is 2.97. The van der Waals surface area contributed by atoms with Gasteiger partial charge in [-0.25, -0.2) is 9.37 Å². The molecule has 0 unspecified atom stereocenters. The van der Waals surface area contributed by atoms with Crippen LogP contribution in [-0.2, 0) is 5.41 Å². The Bertz CT molecular complexity index is 548. The lowest BCUT2D eigenvalue weighted by Crippen LogP contribution is -2.11. The molecule has 2 aromatic rings. The average molecular weight is 249 g/mol. The fourth-order valence-electron chi connectivity index (χ4n) is 1.92. The van der Waals surface area contributed by atoms with Crippen LogP contribution in [0.2, 0.25) is 0 Å². The highest BCUT2D eigenvalue weighted by atomic mass is 32.1. The van der Waals surface area contributed by atoms with Crippen LogP contribution in [0.25, 0.3) is 10.6 Å². The SMILES string of the molecule is OCC1(c2csc(-c3cccc(F)c3)n2)CC1. The summed E-state index contributed by atoms with van der Waals surface area (Å²) in [6, 6.07) is 6.45. The second kappa shape index (κ2) is 3.89. The smallest absolute Gasteiger partial charge is 0.123 e. The number of hydrogen-bond donors (Lipinski definition) is 1. The Labute approximate surface area is 103 Å². The molecule has 1 aromatic carbocycles. The van der Waals surface area contributed by atoms with Crippen molar-refractivity contribution in [2.24, 2.45) is 0 Å². The Morgan fingerprint density at radius 1 is 1.41 bits per heavy atom. The van der Waals surface area contributed by atoms with Gasteiger partial charge in [0.15, 0.2) is 0 Å². The molecule has 17 heavy (non-hydrogen) atoms. The van der Waals surface area contributed by atoms with Gasteiger partial charge < -0.3 is 5.11 Å². The maximum atomic E-state index is 13.1. The molecule has 0 saturated heterocycles. The largest absolute Gasteiger partial charge is 0.395 e. The van der Waals surface area contributed by atoms with Crippen molar-refractivity contribution in [1.29, 1.82) is 0 Å². The lowest BCUT2D eigenvalue weighted by Gasteiger charge is -2.06. The second-order valence-electron chi connectivity index (χ2n) is 4.49. The third kappa shape index (κ3) is 1.87. The average Bonchev–Trinajstić information content (AvgIpc) is 2.99. The number of aromatic nitrogens is 1. The first-order chi connectivity index (χ1) is 8.23. The van der Waals surface area contributed by atoms with Crippen molar-refractivity contribution in [2.45, 2.75) is 18.3 Å². The third-order valence-corrected chi connectivity index (χ3v) is 4.17. The van der Waals surface area contributed by atoms with Crippen LogP contribution in [-0.4, -0.2) is 16.7 Å². The maximum Gasteiger partial charge on any atom is 0.123 e. The molecule has 0 spiro atoms. The maximum absolute atomic E-state index is 13.1. The minimum atomic E-state index is -0.248. The molecule has 1 N–H and O–H groups in total. The Morgan fingerprint density at radius 3 is 2.88 bits per heavy atom. The molecule has 2 nitrogen and oxygen atoms in total. The Hall–Kier alpha value is -1.26. The number of hydrogen-bond acceptors (Lipinski definition) is 3. The fraction of sp³-hybridized carbons (Fsp3) is 0.308. The van der Waals surface area contributed by atoms with Gasteiger partial charge in [-0.2, -0.15) is 0 Å². The minimum absolute atomic E-state index is 0.109. The number of rotatable bonds is 3. The molecule has 0 radical (unpaired) electrons. The molecular formula is C13H12FNOS. The van der Waals surface area contributed by atoms with Gasteiger partial charge >= 0.3 is 0 Å². The van der Waals surface area contributed by atoms with Gasteiger partial charge in [-0.3, -0.25) is 0 Å². The van der Waals surface area contributed by atoms with Crippen molar-refractivity contribution in [3.63, 3.8) is 0 Å². The molecule has 1 saturated carbocycles. The third-order valence-electron chi connectivity index (χ3n) is 3.28. The summed E-state index contributed by atoms with van der Waals surface area (Å²) in [5.41, 5.74) is 1.64. The number of halogens is 1. The van der Waals surface area contributed by atoms with Crippen molar-refractivity contribution in [2.75, 3.05) is 6.61 Å². The van der Waals surface area contributed by atoms with E-state index in [-0.39, 0.29) is 17.8 Å². The summed E-state index contributed by atoms with van der Waals surface area (Å²) in [7, 11) is 0. The van der Waals surface area contributed by atoms with E-state index in [1.807, 2.05) is 11.4 Å². The van der Waals surface area contributed by atoms with E-state index in [0.29, 0.717) is 0 Å². The summed E-state index contributed by atoms with van der Waals surface area (Å²) in [5.74, 6) is -0.248. The van der Waals surface area contributed by atoms with Crippen molar-refractivity contribution in [3.8, 4) is 10.6 Å². The second-order valence-corrected chi connectivity index (χ2v) is 5.34. The van der Waals surface area contributed by atoms with Crippen LogP contribution in [0.3, 0.4) is 0 Å². The van der Waals surface area contributed by atoms with Gasteiger partial charge in [-0.1, -0.05) is 12.1 Å². The lowest BCUT2D eigenvalue weighted by molar-refractivity contribution is 0.253. The molecule has 1 fully saturated rings. The Kier molecular flexibility index (Phi) is 2.49. The number of aliphatic hydroxyl groups excluding tert-OH is 1. The first-order valence-corrected chi connectivity index (χ1v) is 6.44. The van der Waals surface area contributed by atoms with Gasteiger partial charge in [0.2, 0.25) is 0 Å². The zero-order chi connectivity index (χ0) is 11.9. The van der Waals surface area contributed by atoms with Crippen LogP contribution in [0, 0.1) is 5.82 Å². The van der Waals surface area contributed by atoms with Gasteiger partial charge in [0.25, 0.3) is 0 Å². The van der Waals surface area contributed by atoms with Gasteiger partial charge in [-0.15, -0.1) is 11.3 Å². The van der Waals surface area contributed by atoms with Crippen LogP contribution in [0.4, 0.5) is 4.39 Å². The van der Waals surface area contributed by atoms with E-state index < -0.39 is 0 Å². The van der Waals surface area contributed by atoms with Gasteiger partial charge in [0, 0.05) is 16.4 Å². The minimum Gasteiger partial charge on any atom is -0.395 e. The van der Waals surface area contributed by atoms with Crippen molar-refractivity contribution in [3.05, 3.63) is 41.2 Å². The molecule has 88 valence electrons. The standard InChI is InChI=1S/C13H12FNOS/c14-10-3-1-2-9(6-10)12-15-11(7-17-12)13(8-16)4-5-13/h1-3,6-7,16H,4-5,8H2. The van der Waals surface area contributed by atoms with Crippen LogP contribution in [0.15, 0.2) is 29.6 Å². The summed E-state index contributed by atoms with van der Waals surface area (Å²) >= 11 is 1.50. The van der Waals surface area contributed by atoms with Crippen LogP contribution < -0.4 is 0 Å². The zero-order valence-corrected chi connectivity index (χ0v) is 10.0. The van der Waals surface area contributed by atoms with Crippen LogP contribution in [0.1, 0.15) is 18.5 Å². The summed E-state index contributed by atoms with van der Waals surface area (Å²) in [6.07, 6.45) is 1.99. The normalized spacial score (nSPS) is 17.1. The first kappa shape index (κ1) is 10.9. The molecule has 1 aliphatic carbocycles. The first-order valence-electron chi connectivity index (χ1n) is 5.56. The molecule has 1 aliphatic rings. The fourth-order valence-corrected chi connectivity index (χ4v) is 2.86. The molecule has 1 heterocycles. The van der Waals surface area contributed by atoms with E-state index in [9.17, 15) is 9.50 Å². The van der Waals surface area contributed by atoms with E-state index in [1.54, 1.807) is 6.07 Å². The molecule has 4 heteroatoms.